The van der Waals surface area contributed by atoms with Crippen LogP contribution in [0.2, 0.25) is 5.15 Å². The number of hydrogen-bond acceptors (Lipinski definition) is 3. The standard InChI is InChI=1S/C11H10ClN3O/c1-8-3-2-4-11(16)15(8)7-9-5-6-10(12)14-13-9/h2-6H,7H2,1H3. The van der Waals surface area contributed by atoms with E-state index in [0.29, 0.717) is 17.4 Å². The maximum Gasteiger partial charge on any atom is 0.251 e. The first kappa shape index (κ1) is 10.8. The van der Waals surface area contributed by atoms with Crippen LogP contribution in [0.25, 0.3) is 0 Å². The average Bonchev–Trinajstić information content (AvgIpc) is 2.26. The van der Waals surface area contributed by atoms with Gasteiger partial charge in [0.15, 0.2) is 5.15 Å². The van der Waals surface area contributed by atoms with Crippen molar-refractivity contribution in [2.24, 2.45) is 0 Å². The first-order valence-electron chi connectivity index (χ1n) is 4.81. The van der Waals surface area contributed by atoms with E-state index in [9.17, 15) is 4.79 Å². The smallest absolute Gasteiger partial charge is 0.251 e. The molecule has 0 saturated carbocycles. The fourth-order valence-electron chi connectivity index (χ4n) is 1.42. The van der Waals surface area contributed by atoms with Gasteiger partial charge in [0.25, 0.3) is 5.56 Å². The van der Waals surface area contributed by atoms with Crippen LogP contribution in [-0.2, 0) is 6.54 Å². The molecule has 0 unspecified atom stereocenters. The van der Waals surface area contributed by atoms with Crippen LogP contribution in [0.15, 0.2) is 35.1 Å². The third-order valence-electron chi connectivity index (χ3n) is 2.28. The van der Waals surface area contributed by atoms with Crippen molar-refractivity contribution in [2.45, 2.75) is 13.5 Å². The molecule has 82 valence electrons. The summed E-state index contributed by atoms with van der Waals surface area (Å²) >= 11 is 5.64. The Morgan fingerprint density at radius 2 is 2.06 bits per heavy atom. The molecule has 0 radical (unpaired) electrons. The van der Waals surface area contributed by atoms with Crippen LogP contribution in [0, 0.1) is 6.92 Å². The Bertz CT molecular complexity index is 548. The van der Waals surface area contributed by atoms with E-state index in [4.69, 9.17) is 11.6 Å². The van der Waals surface area contributed by atoms with E-state index in [1.807, 2.05) is 13.0 Å². The Labute approximate surface area is 97.5 Å². The summed E-state index contributed by atoms with van der Waals surface area (Å²) in [5.74, 6) is 0. The van der Waals surface area contributed by atoms with Gasteiger partial charge in [0.05, 0.1) is 12.2 Å². The van der Waals surface area contributed by atoms with Gasteiger partial charge in [0, 0.05) is 11.8 Å². The molecule has 0 aliphatic heterocycles. The van der Waals surface area contributed by atoms with Gasteiger partial charge in [-0.15, -0.1) is 5.10 Å². The highest BCUT2D eigenvalue weighted by atomic mass is 35.5. The second-order valence-corrected chi connectivity index (χ2v) is 3.83. The van der Waals surface area contributed by atoms with E-state index in [0.717, 1.165) is 5.69 Å². The van der Waals surface area contributed by atoms with Crippen molar-refractivity contribution in [2.75, 3.05) is 0 Å². The second-order valence-electron chi connectivity index (χ2n) is 3.44. The van der Waals surface area contributed by atoms with Crippen molar-refractivity contribution < 1.29 is 0 Å². The van der Waals surface area contributed by atoms with Gasteiger partial charge in [-0.3, -0.25) is 4.79 Å². The Balaban J connectivity index is 2.34. The highest BCUT2D eigenvalue weighted by Gasteiger charge is 2.02. The maximum absolute atomic E-state index is 11.6. The molecule has 4 nitrogen and oxygen atoms in total. The zero-order valence-electron chi connectivity index (χ0n) is 8.72. The monoisotopic (exact) mass is 235 g/mol. The molecule has 0 spiro atoms. The molecule has 0 N–H and O–H groups in total. The van der Waals surface area contributed by atoms with Crippen LogP contribution in [0.4, 0.5) is 0 Å². The number of rotatable bonds is 2. The first-order valence-corrected chi connectivity index (χ1v) is 5.19. The van der Waals surface area contributed by atoms with E-state index in [1.54, 1.807) is 22.8 Å². The Hall–Kier alpha value is -1.68. The highest BCUT2D eigenvalue weighted by molar-refractivity contribution is 6.29. The largest absolute Gasteiger partial charge is 0.307 e. The molecule has 2 aromatic rings. The van der Waals surface area contributed by atoms with Crippen molar-refractivity contribution in [1.29, 1.82) is 0 Å². The van der Waals surface area contributed by atoms with Crippen molar-refractivity contribution in [1.82, 2.24) is 14.8 Å². The van der Waals surface area contributed by atoms with Gasteiger partial charge >= 0.3 is 0 Å². The predicted octanol–water partition coefficient (Wildman–Crippen LogP) is 1.65. The SMILES string of the molecule is Cc1cccc(=O)n1Cc1ccc(Cl)nn1. The molecular formula is C11H10ClN3O. The zero-order chi connectivity index (χ0) is 11.5. The van der Waals surface area contributed by atoms with E-state index in [2.05, 4.69) is 10.2 Å². The van der Waals surface area contributed by atoms with Gasteiger partial charge in [-0.2, -0.15) is 5.10 Å². The molecule has 2 heterocycles. The third kappa shape index (κ3) is 2.28. The van der Waals surface area contributed by atoms with Crippen molar-refractivity contribution >= 4 is 11.6 Å². The number of pyridine rings is 1. The predicted molar refractivity (Wildman–Crippen MR) is 61.6 cm³/mol. The molecule has 0 saturated heterocycles. The number of nitrogens with zero attached hydrogens (tertiary/aromatic N) is 3. The molecule has 0 atom stereocenters. The maximum atomic E-state index is 11.6. The van der Waals surface area contributed by atoms with E-state index < -0.39 is 0 Å². The fraction of sp³-hybridized carbons (Fsp3) is 0.182. The van der Waals surface area contributed by atoms with Gasteiger partial charge in [-0.05, 0) is 25.1 Å². The van der Waals surface area contributed by atoms with E-state index >= 15 is 0 Å². The summed E-state index contributed by atoms with van der Waals surface area (Å²) in [7, 11) is 0. The summed E-state index contributed by atoms with van der Waals surface area (Å²) in [5.41, 5.74) is 1.56. The molecule has 16 heavy (non-hydrogen) atoms. The fourth-order valence-corrected chi connectivity index (χ4v) is 1.52. The van der Waals surface area contributed by atoms with E-state index in [-0.39, 0.29) is 5.56 Å². The quantitative estimate of drug-likeness (QED) is 0.795. The molecule has 0 fully saturated rings. The number of hydrogen-bond donors (Lipinski definition) is 0. The molecule has 5 heteroatoms. The number of halogens is 1. The first-order chi connectivity index (χ1) is 7.66. The summed E-state index contributed by atoms with van der Waals surface area (Å²) < 4.78 is 1.64. The minimum Gasteiger partial charge on any atom is -0.307 e. The van der Waals surface area contributed by atoms with Crippen LogP contribution >= 0.6 is 11.6 Å². The summed E-state index contributed by atoms with van der Waals surface area (Å²) in [6.07, 6.45) is 0. The minimum atomic E-state index is -0.0447. The molecular weight excluding hydrogens is 226 g/mol. The third-order valence-corrected chi connectivity index (χ3v) is 2.48. The Kier molecular flexibility index (Phi) is 3.01. The lowest BCUT2D eigenvalue weighted by atomic mass is 10.3. The normalized spacial score (nSPS) is 10.4. The van der Waals surface area contributed by atoms with Gasteiger partial charge in [0.2, 0.25) is 0 Å². The van der Waals surface area contributed by atoms with Crippen LogP contribution < -0.4 is 5.56 Å². The topological polar surface area (TPSA) is 47.8 Å². The van der Waals surface area contributed by atoms with Crippen LogP contribution in [0.5, 0.6) is 0 Å². The molecule has 2 rings (SSSR count). The molecule has 0 amide bonds. The van der Waals surface area contributed by atoms with Gasteiger partial charge in [-0.25, -0.2) is 0 Å². The lowest BCUT2D eigenvalue weighted by molar-refractivity contribution is 0.700. The lowest BCUT2D eigenvalue weighted by Crippen LogP contribution is -2.22. The van der Waals surface area contributed by atoms with Gasteiger partial charge < -0.3 is 4.57 Å². The Morgan fingerprint density at radius 1 is 1.25 bits per heavy atom. The molecule has 0 aliphatic rings. The van der Waals surface area contributed by atoms with Gasteiger partial charge in [0.1, 0.15) is 0 Å². The summed E-state index contributed by atoms with van der Waals surface area (Å²) in [4.78, 5) is 11.6. The van der Waals surface area contributed by atoms with Gasteiger partial charge in [-0.1, -0.05) is 17.7 Å². The zero-order valence-corrected chi connectivity index (χ0v) is 9.48. The average molecular weight is 236 g/mol. The molecule has 0 aromatic carbocycles. The summed E-state index contributed by atoms with van der Waals surface area (Å²) in [5, 5.41) is 8.00. The highest BCUT2D eigenvalue weighted by Crippen LogP contribution is 2.04. The second kappa shape index (κ2) is 4.45. The molecule has 0 bridgehead atoms. The van der Waals surface area contributed by atoms with Crippen LogP contribution in [-0.4, -0.2) is 14.8 Å². The number of aromatic nitrogens is 3. The minimum absolute atomic E-state index is 0.0447. The molecule has 2 aromatic heterocycles. The van der Waals surface area contributed by atoms with Crippen molar-refractivity contribution in [3.63, 3.8) is 0 Å². The summed E-state index contributed by atoms with van der Waals surface area (Å²) in [6.45, 7) is 2.29. The van der Waals surface area contributed by atoms with Crippen LogP contribution in [0.3, 0.4) is 0 Å². The van der Waals surface area contributed by atoms with Crippen molar-refractivity contribution in [3.05, 3.63) is 57.2 Å². The van der Waals surface area contributed by atoms with Crippen molar-refractivity contribution in [3.8, 4) is 0 Å². The van der Waals surface area contributed by atoms with E-state index in [1.165, 1.54) is 6.07 Å². The summed E-state index contributed by atoms with van der Waals surface area (Å²) in [6, 6.07) is 8.56. The Morgan fingerprint density at radius 3 is 2.69 bits per heavy atom. The lowest BCUT2D eigenvalue weighted by Gasteiger charge is -2.07. The number of aryl methyl sites for hydroxylation is 1. The molecule has 0 aliphatic carbocycles. The van der Waals surface area contributed by atoms with Crippen LogP contribution in [0.1, 0.15) is 11.4 Å².